The fourth-order valence-corrected chi connectivity index (χ4v) is 2.92. The third kappa shape index (κ3) is 13.7. The molecule has 1 aromatic rings. The van der Waals surface area contributed by atoms with Crippen molar-refractivity contribution in [2.75, 3.05) is 6.54 Å². The van der Waals surface area contributed by atoms with Crippen LogP contribution in [0.3, 0.4) is 0 Å². The van der Waals surface area contributed by atoms with E-state index in [1.165, 1.54) is 0 Å². The second kappa shape index (κ2) is 12.7. The van der Waals surface area contributed by atoms with Crippen LogP contribution in [-0.2, 0) is 30.3 Å². The van der Waals surface area contributed by atoms with Gasteiger partial charge in [-0.05, 0) is 77.5 Å². The number of amides is 2. The molecule has 2 N–H and O–H groups in total. The molecule has 0 saturated carbocycles. The van der Waals surface area contributed by atoms with Crippen molar-refractivity contribution < 1.29 is 33.5 Å². The molecule has 1 aromatic carbocycles. The van der Waals surface area contributed by atoms with E-state index in [2.05, 4.69) is 10.8 Å². The van der Waals surface area contributed by atoms with Gasteiger partial charge in [-0.25, -0.2) is 9.59 Å². The molecule has 0 spiro atoms. The molecule has 202 valence electrons. The smallest absolute Gasteiger partial charge is 0.431 e. The van der Waals surface area contributed by atoms with Gasteiger partial charge in [0, 0.05) is 13.0 Å². The number of carbonyl (C=O) groups is 4. The van der Waals surface area contributed by atoms with Crippen LogP contribution in [0.15, 0.2) is 24.3 Å². The van der Waals surface area contributed by atoms with Crippen LogP contribution in [0.2, 0.25) is 0 Å². The summed E-state index contributed by atoms with van der Waals surface area (Å²) in [5.74, 6) is -2.01. The van der Waals surface area contributed by atoms with Crippen LogP contribution in [0, 0.1) is 11.3 Å². The van der Waals surface area contributed by atoms with E-state index in [1.807, 2.05) is 20.8 Å². The van der Waals surface area contributed by atoms with Gasteiger partial charge in [0.1, 0.15) is 11.2 Å². The zero-order valence-corrected chi connectivity index (χ0v) is 23.1. The van der Waals surface area contributed by atoms with E-state index in [0.717, 1.165) is 5.56 Å². The summed E-state index contributed by atoms with van der Waals surface area (Å²) in [4.78, 5) is 53.8. The van der Waals surface area contributed by atoms with Crippen molar-refractivity contribution in [3.63, 3.8) is 0 Å². The minimum Gasteiger partial charge on any atom is -0.460 e. The van der Waals surface area contributed by atoms with Gasteiger partial charge in [0.25, 0.3) is 5.91 Å². The third-order valence-electron chi connectivity index (χ3n) is 4.55. The van der Waals surface area contributed by atoms with Gasteiger partial charge in [-0.2, -0.15) is 5.48 Å². The Labute approximate surface area is 214 Å². The molecule has 0 aliphatic rings. The van der Waals surface area contributed by atoms with E-state index in [1.54, 1.807) is 65.8 Å². The third-order valence-corrected chi connectivity index (χ3v) is 4.55. The van der Waals surface area contributed by atoms with Gasteiger partial charge in [-0.1, -0.05) is 32.9 Å². The largest absolute Gasteiger partial charge is 0.460 e. The van der Waals surface area contributed by atoms with Crippen molar-refractivity contribution in [3.8, 4) is 0 Å². The maximum atomic E-state index is 12.8. The Hall–Kier alpha value is -3.10. The normalized spacial score (nSPS) is 12.8. The van der Waals surface area contributed by atoms with Gasteiger partial charge in [-0.3, -0.25) is 9.59 Å². The number of hydrogen-bond acceptors (Lipinski definition) is 7. The number of hydrogen-bond donors (Lipinski definition) is 2. The summed E-state index contributed by atoms with van der Waals surface area (Å²) >= 11 is 0. The summed E-state index contributed by atoms with van der Waals surface area (Å²) < 4.78 is 10.9. The van der Waals surface area contributed by atoms with Crippen molar-refractivity contribution in [2.45, 2.75) is 92.8 Å². The van der Waals surface area contributed by atoms with Gasteiger partial charge in [0.2, 0.25) is 0 Å². The molecule has 0 heterocycles. The van der Waals surface area contributed by atoms with Gasteiger partial charge < -0.3 is 19.6 Å². The summed E-state index contributed by atoms with van der Waals surface area (Å²) in [5.41, 5.74) is 1.90. The lowest BCUT2D eigenvalue weighted by molar-refractivity contribution is -0.160. The minimum atomic E-state index is -0.757. The average Bonchev–Trinajstić information content (AvgIpc) is 2.71. The van der Waals surface area contributed by atoms with E-state index >= 15 is 0 Å². The highest BCUT2D eigenvalue weighted by Gasteiger charge is 2.27. The number of rotatable bonds is 8. The monoisotopic (exact) mass is 506 g/mol. The Morgan fingerprint density at radius 2 is 1.39 bits per heavy atom. The average molecular weight is 507 g/mol. The Kier molecular flexibility index (Phi) is 10.9. The van der Waals surface area contributed by atoms with Gasteiger partial charge in [-0.15, -0.1) is 0 Å². The van der Waals surface area contributed by atoms with Crippen LogP contribution in [0.1, 0.15) is 91.1 Å². The number of hydroxylamine groups is 1. The molecule has 36 heavy (non-hydrogen) atoms. The van der Waals surface area contributed by atoms with Crippen LogP contribution < -0.4 is 10.8 Å². The summed E-state index contributed by atoms with van der Waals surface area (Å²) in [6, 6.07) is 6.79. The molecule has 0 fully saturated rings. The second-order valence-electron chi connectivity index (χ2n) is 12.0. The number of benzene rings is 1. The summed E-state index contributed by atoms with van der Waals surface area (Å²) in [6.45, 7) is 16.9. The second-order valence-corrected chi connectivity index (χ2v) is 12.0. The van der Waals surface area contributed by atoms with Gasteiger partial charge >= 0.3 is 18.0 Å². The molecular weight excluding hydrogens is 464 g/mol. The number of esters is 2. The molecule has 9 nitrogen and oxygen atoms in total. The van der Waals surface area contributed by atoms with Crippen LogP contribution in [0.4, 0.5) is 4.79 Å². The lowest BCUT2D eigenvalue weighted by Gasteiger charge is -2.24. The fourth-order valence-electron chi connectivity index (χ4n) is 2.92. The molecule has 0 aliphatic heterocycles. The maximum Gasteiger partial charge on any atom is 0.431 e. The highest BCUT2D eigenvalue weighted by Crippen LogP contribution is 2.21. The lowest BCUT2D eigenvalue weighted by atomic mass is 9.94. The van der Waals surface area contributed by atoms with E-state index < -0.39 is 41.1 Å². The summed E-state index contributed by atoms with van der Waals surface area (Å²) in [7, 11) is 0. The fraction of sp³-hybridized carbons (Fsp3) is 0.630. The predicted molar refractivity (Wildman–Crippen MR) is 136 cm³/mol. The standard InChI is InChI=1S/C27H42N2O7/c1-25(2,3)17-28-24(33)36-29-21(30)15-14-20(23(32)35-27(7,8)9)16-18-10-12-19(13-11-18)22(31)34-26(4,5)6/h10-13,20H,14-17H2,1-9H3,(H,28,33)(H,29,30). The van der Waals surface area contributed by atoms with E-state index in [0.29, 0.717) is 18.5 Å². The molecule has 2 amide bonds. The summed E-state index contributed by atoms with van der Waals surface area (Å²) in [6.07, 6.45) is -0.315. The van der Waals surface area contributed by atoms with Crippen molar-refractivity contribution in [1.82, 2.24) is 10.8 Å². The molecule has 1 atom stereocenters. The molecular formula is C27H42N2O7. The molecule has 0 aliphatic carbocycles. The summed E-state index contributed by atoms with van der Waals surface area (Å²) in [5, 5.41) is 2.56. The highest BCUT2D eigenvalue weighted by atomic mass is 16.7. The number of carbonyl (C=O) groups excluding carboxylic acids is 4. The van der Waals surface area contributed by atoms with Gasteiger partial charge in [0.05, 0.1) is 11.5 Å². The van der Waals surface area contributed by atoms with Crippen LogP contribution in [0.25, 0.3) is 0 Å². The Morgan fingerprint density at radius 3 is 1.89 bits per heavy atom. The molecule has 0 bridgehead atoms. The molecule has 1 unspecified atom stereocenters. The van der Waals surface area contributed by atoms with E-state index in [9.17, 15) is 19.2 Å². The first-order chi connectivity index (χ1) is 16.3. The van der Waals surface area contributed by atoms with Crippen LogP contribution >= 0.6 is 0 Å². The first-order valence-corrected chi connectivity index (χ1v) is 12.1. The molecule has 9 heteroatoms. The first-order valence-electron chi connectivity index (χ1n) is 12.1. The topological polar surface area (TPSA) is 120 Å². The quantitative estimate of drug-likeness (QED) is 0.297. The Morgan fingerprint density at radius 1 is 0.833 bits per heavy atom. The van der Waals surface area contributed by atoms with Crippen molar-refractivity contribution in [3.05, 3.63) is 35.4 Å². The van der Waals surface area contributed by atoms with E-state index in [-0.39, 0.29) is 18.3 Å². The first kappa shape index (κ1) is 30.9. The molecule has 0 saturated heterocycles. The van der Waals surface area contributed by atoms with Crippen LogP contribution in [0.5, 0.6) is 0 Å². The van der Waals surface area contributed by atoms with Crippen LogP contribution in [-0.4, -0.2) is 41.7 Å². The zero-order valence-electron chi connectivity index (χ0n) is 23.1. The van der Waals surface area contributed by atoms with E-state index in [4.69, 9.17) is 14.3 Å². The Bertz CT molecular complexity index is 904. The number of nitrogens with one attached hydrogen (secondary N) is 2. The van der Waals surface area contributed by atoms with Crippen molar-refractivity contribution in [2.24, 2.45) is 11.3 Å². The highest BCUT2D eigenvalue weighted by molar-refractivity contribution is 5.89. The Balaban J connectivity index is 2.77. The molecule has 0 radical (unpaired) electrons. The molecule has 1 rings (SSSR count). The lowest BCUT2D eigenvalue weighted by Crippen LogP contribution is -2.37. The predicted octanol–water partition coefficient (Wildman–Crippen LogP) is 4.73. The SMILES string of the molecule is CC(C)(C)CNC(=O)ONC(=O)CCC(Cc1ccc(C(=O)OC(C)(C)C)cc1)C(=O)OC(C)(C)C. The maximum absolute atomic E-state index is 12.8. The van der Waals surface area contributed by atoms with Crippen molar-refractivity contribution in [1.29, 1.82) is 0 Å². The number of ether oxygens (including phenoxy) is 2. The zero-order chi connectivity index (χ0) is 27.7. The molecule has 0 aromatic heterocycles. The van der Waals surface area contributed by atoms with Crippen molar-refractivity contribution >= 4 is 23.9 Å². The minimum absolute atomic E-state index is 0.0492. The van der Waals surface area contributed by atoms with Gasteiger partial charge in [0.15, 0.2) is 0 Å².